The first-order chi connectivity index (χ1) is 18.1. The van der Waals surface area contributed by atoms with Crippen LogP contribution in [-0.2, 0) is 7.05 Å². The molecule has 9 nitrogen and oxygen atoms in total. The van der Waals surface area contributed by atoms with Crippen molar-refractivity contribution >= 4 is 28.3 Å². The Labute approximate surface area is 217 Å². The first-order valence-electron chi connectivity index (χ1n) is 12.3. The van der Waals surface area contributed by atoms with Crippen molar-refractivity contribution in [1.82, 2.24) is 19.0 Å². The van der Waals surface area contributed by atoms with E-state index >= 15 is 4.39 Å². The minimum Gasteiger partial charge on any atom is -0.355 e. The number of amides is 1. The summed E-state index contributed by atoms with van der Waals surface area (Å²) in [5.41, 5.74) is 0.290. The van der Waals surface area contributed by atoms with Crippen LogP contribution in [-0.4, -0.2) is 33.7 Å². The van der Waals surface area contributed by atoms with Crippen molar-refractivity contribution in [3.05, 3.63) is 96.2 Å². The number of carbonyl (C=O) groups is 1. The predicted molar refractivity (Wildman–Crippen MR) is 145 cm³/mol. The van der Waals surface area contributed by atoms with E-state index in [4.69, 9.17) is 0 Å². The summed E-state index contributed by atoms with van der Waals surface area (Å²) in [5.74, 6) is -0.695. The lowest BCUT2D eigenvalue weighted by atomic mass is 10.1. The topological polar surface area (TPSA) is 98.3 Å². The van der Waals surface area contributed by atoms with Crippen molar-refractivity contribution in [3.8, 4) is 5.69 Å². The molecule has 1 N–H and O–H groups in total. The Morgan fingerprint density at radius 3 is 2.39 bits per heavy atom. The fraction of sp³-hybridized carbons (Fsp3) is 0.286. The lowest BCUT2D eigenvalue weighted by Crippen LogP contribution is -2.42. The number of anilines is 2. The number of pyridine rings is 1. The summed E-state index contributed by atoms with van der Waals surface area (Å²) >= 11 is 0. The lowest BCUT2D eigenvalue weighted by molar-refractivity contribution is 0.0963. The van der Waals surface area contributed by atoms with Gasteiger partial charge in [-0.3, -0.25) is 28.1 Å². The Morgan fingerprint density at radius 1 is 1.05 bits per heavy atom. The number of fused-ring (bicyclic) bond motifs is 1. The van der Waals surface area contributed by atoms with E-state index in [-0.39, 0.29) is 39.9 Å². The number of hydrogen-bond donors (Lipinski definition) is 1. The summed E-state index contributed by atoms with van der Waals surface area (Å²) in [6, 6.07) is 10.9. The number of rotatable bonds is 5. The summed E-state index contributed by atoms with van der Waals surface area (Å²) < 4.78 is 18.9. The Balaban J connectivity index is 1.96. The van der Waals surface area contributed by atoms with Crippen molar-refractivity contribution < 1.29 is 9.18 Å². The van der Waals surface area contributed by atoms with Crippen molar-refractivity contribution in [2.45, 2.75) is 32.7 Å². The molecule has 0 aliphatic heterocycles. The summed E-state index contributed by atoms with van der Waals surface area (Å²) in [7, 11) is 4.61. The van der Waals surface area contributed by atoms with Gasteiger partial charge in [0.2, 0.25) is 0 Å². The number of carbonyl (C=O) groups excluding carboxylic acids is 1. The molecule has 2 aromatic heterocycles. The molecule has 0 saturated heterocycles. The van der Waals surface area contributed by atoms with Gasteiger partial charge >= 0.3 is 5.69 Å². The van der Waals surface area contributed by atoms with Gasteiger partial charge in [0.15, 0.2) is 0 Å². The normalized spacial score (nSPS) is 13.1. The molecule has 4 aromatic rings. The maximum absolute atomic E-state index is 15.1. The molecule has 196 valence electrons. The first-order valence-corrected chi connectivity index (χ1v) is 12.3. The van der Waals surface area contributed by atoms with Gasteiger partial charge in [0, 0.05) is 38.3 Å². The number of nitrogens with one attached hydrogen (secondary N) is 1. The van der Waals surface area contributed by atoms with Crippen LogP contribution in [0.25, 0.3) is 16.6 Å². The van der Waals surface area contributed by atoms with Crippen LogP contribution in [0.1, 0.15) is 40.4 Å². The molecule has 0 unspecified atom stereocenters. The molecule has 1 aliphatic carbocycles. The number of aromatic nitrogens is 3. The molecular formula is C28H28FN5O4. The van der Waals surface area contributed by atoms with Gasteiger partial charge in [-0.05, 0) is 62.6 Å². The van der Waals surface area contributed by atoms with Crippen LogP contribution in [0.4, 0.5) is 15.9 Å². The highest BCUT2D eigenvalue weighted by Gasteiger charge is 2.32. The van der Waals surface area contributed by atoms with Gasteiger partial charge in [-0.2, -0.15) is 0 Å². The molecule has 2 aromatic carbocycles. The molecular weight excluding hydrogens is 489 g/mol. The van der Waals surface area contributed by atoms with Crippen LogP contribution in [0.3, 0.4) is 0 Å². The SMILES string of the molecule is CNC(=O)c1cccc(-n2c(=O)n(C3CC3)c(=O)c3c(N(C)c4ccc(C)cc4F)n(C)c(=O)c(C)c32)c1. The molecule has 10 heteroatoms. The Morgan fingerprint density at radius 2 is 1.76 bits per heavy atom. The van der Waals surface area contributed by atoms with Crippen LogP contribution in [0, 0.1) is 19.7 Å². The van der Waals surface area contributed by atoms with Crippen molar-refractivity contribution in [2.75, 3.05) is 19.0 Å². The standard InChI is InChI=1S/C28H28FN5O4/c1-15-9-12-21(20(29)13-15)31(4)25-22-23(16(2)26(36)32(25)5)33(28(38)34(27(22)37)18-10-11-18)19-8-6-7-17(14-19)24(35)30-3/h6-9,12-14,18H,10-11H2,1-5H3,(H,30,35). The maximum Gasteiger partial charge on any atom is 0.336 e. The van der Waals surface area contributed by atoms with Gasteiger partial charge in [-0.25, -0.2) is 9.18 Å². The first kappa shape index (κ1) is 25.2. The Hall–Kier alpha value is -4.47. The average molecular weight is 518 g/mol. The van der Waals surface area contributed by atoms with E-state index in [0.29, 0.717) is 24.1 Å². The van der Waals surface area contributed by atoms with E-state index in [1.54, 1.807) is 57.3 Å². The minimum atomic E-state index is -0.592. The summed E-state index contributed by atoms with van der Waals surface area (Å²) in [4.78, 5) is 55.2. The van der Waals surface area contributed by atoms with Gasteiger partial charge in [0.05, 0.1) is 16.9 Å². The highest BCUT2D eigenvalue weighted by molar-refractivity contribution is 5.96. The van der Waals surface area contributed by atoms with Crippen LogP contribution >= 0.6 is 0 Å². The monoisotopic (exact) mass is 517 g/mol. The second-order valence-electron chi connectivity index (χ2n) is 9.70. The summed E-state index contributed by atoms with van der Waals surface area (Å²) in [5, 5.41) is 2.68. The van der Waals surface area contributed by atoms with E-state index in [9.17, 15) is 19.2 Å². The van der Waals surface area contributed by atoms with Gasteiger partial charge in [-0.1, -0.05) is 12.1 Å². The second kappa shape index (κ2) is 9.13. The number of benzene rings is 2. The van der Waals surface area contributed by atoms with Crippen LogP contribution in [0.5, 0.6) is 0 Å². The summed E-state index contributed by atoms with van der Waals surface area (Å²) in [6.07, 6.45) is 1.34. The zero-order valence-electron chi connectivity index (χ0n) is 21.8. The van der Waals surface area contributed by atoms with E-state index in [1.165, 1.54) is 38.8 Å². The van der Waals surface area contributed by atoms with Crippen LogP contribution < -0.4 is 27.0 Å². The average Bonchev–Trinajstić information content (AvgIpc) is 3.72. The van der Waals surface area contributed by atoms with Crippen LogP contribution in [0.2, 0.25) is 0 Å². The predicted octanol–water partition coefficient (Wildman–Crippen LogP) is 3.07. The van der Waals surface area contributed by atoms with Crippen molar-refractivity contribution in [3.63, 3.8) is 0 Å². The zero-order chi connectivity index (χ0) is 27.5. The highest BCUT2D eigenvalue weighted by Crippen LogP contribution is 2.35. The molecule has 5 rings (SSSR count). The number of nitrogens with zero attached hydrogens (tertiary/aromatic N) is 4. The molecule has 1 saturated carbocycles. The molecule has 1 aliphatic rings. The summed E-state index contributed by atoms with van der Waals surface area (Å²) in [6.45, 7) is 3.32. The smallest absolute Gasteiger partial charge is 0.336 e. The van der Waals surface area contributed by atoms with Gasteiger partial charge in [0.25, 0.3) is 17.0 Å². The maximum atomic E-state index is 15.1. The van der Waals surface area contributed by atoms with E-state index in [2.05, 4.69) is 5.32 Å². The van der Waals surface area contributed by atoms with Crippen molar-refractivity contribution in [1.29, 1.82) is 0 Å². The highest BCUT2D eigenvalue weighted by atomic mass is 19.1. The van der Waals surface area contributed by atoms with E-state index in [1.807, 2.05) is 0 Å². The van der Waals surface area contributed by atoms with E-state index in [0.717, 1.165) is 5.56 Å². The number of halogens is 1. The molecule has 38 heavy (non-hydrogen) atoms. The Bertz CT molecular complexity index is 1810. The van der Waals surface area contributed by atoms with Crippen LogP contribution in [0.15, 0.2) is 56.8 Å². The molecule has 0 radical (unpaired) electrons. The third-order valence-corrected chi connectivity index (χ3v) is 7.10. The fourth-order valence-corrected chi connectivity index (χ4v) is 5.01. The second-order valence-corrected chi connectivity index (χ2v) is 9.70. The van der Waals surface area contributed by atoms with Gasteiger partial charge in [0.1, 0.15) is 17.0 Å². The third-order valence-electron chi connectivity index (χ3n) is 7.10. The van der Waals surface area contributed by atoms with Gasteiger partial charge < -0.3 is 10.2 Å². The van der Waals surface area contributed by atoms with Crippen molar-refractivity contribution in [2.24, 2.45) is 7.05 Å². The number of aryl methyl sites for hydroxylation is 2. The Kier molecular flexibility index (Phi) is 6.05. The largest absolute Gasteiger partial charge is 0.355 e. The quantitative estimate of drug-likeness (QED) is 0.439. The third kappa shape index (κ3) is 3.84. The zero-order valence-corrected chi connectivity index (χ0v) is 21.8. The lowest BCUT2D eigenvalue weighted by Gasteiger charge is -2.26. The number of hydrogen-bond acceptors (Lipinski definition) is 5. The molecule has 1 amide bonds. The minimum absolute atomic E-state index is 0.115. The molecule has 1 fully saturated rings. The fourth-order valence-electron chi connectivity index (χ4n) is 5.01. The molecule has 0 bridgehead atoms. The molecule has 0 atom stereocenters. The van der Waals surface area contributed by atoms with Gasteiger partial charge in [-0.15, -0.1) is 0 Å². The molecule has 2 heterocycles. The van der Waals surface area contributed by atoms with E-state index < -0.39 is 22.6 Å². The molecule has 0 spiro atoms.